The van der Waals surface area contributed by atoms with E-state index in [1.54, 1.807) is 0 Å². The second-order valence-corrected chi connectivity index (χ2v) is 5.76. The molecule has 1 heterocycles. The van der Waals surface area contributed by atoms with Gasteiger partial charge < -0.3 is 4.74 Å². The zero-order valence-corrected chi connectivity index (χ0v) is 13.6. The average Bonchev–Trinajstić information content (AvgIpc) is 3.03. The van der Waals surface area contributed by atoms with E-state index in [4.69, 9.17) is 4.74 Å². The van der Waals surface area contributed by atoms with Crippen molar-refractivity contribution in [1.29, 1.82) is 0 Å². The second kappa shape index (κ2) is 7.77. The van der Waals surface area contributed by atoms with E-state index in [1.165, 1.54) is 19.3 Å². The Morgan fingerprint density at radius 3 is 2.57 bits per heavy atom. The van der Waals surface area contributed by atoms with Gasteiger partial charge in [-0.05, 0) is 30.7 Å². The molecule has 120 valence electrons. The smallest absolute Gasteiger partial charge is 0.193 e. The molecule has 0 saturated heterocycles. The minimum absolute atomic E-state index is 0.123. The largest absolute Gasteiger partial charge is 0.469 e. The highest BCUT2D eigenvalue weighted by Gasteiger charge is 2.17. The van der Waals surface area contributed by atoms with E-state index < -0.39 is 0 Å². The Balaban J connectivity index is 1.81. The lowest BCUT2D eigenvalue weighted by Crippen LogP contribution is -2.17. The first-order valence-electron chi connectivity index (χ1n) is 8.40. The Labute approximate surface area is 137 Å². The van der Waals surface area contributed by atoms with Gasteiger partial charge in [-0.3, -0.25) is 0 Å². The number of fused-ring (bicyclic) bond motifs is 1. The topological polar surface area (TPSA) is 39.9 Å². The predicted molar refractivity (Wildman–Crippen MR) is 92.4 cm³/mol. The van der Waals surface area contributed by atoms with E-state index in [1.807, 2.05) is 59.3 Å². The summed E-state index contributed by atoms with van der Waals surface area (Å²) in [6.07, 6.45) is 5.65. The van der Waals surface area contributed by atoms with Gasteiger partial charge in [-0.1, -0.05) is 61.7 Å². The first-order chi connectivity index (χ1) is 11.4. The maximum Gasteiger partial charge on any atom is 0.193 e. The van der Waals surface area contributed by atoms with Crippen molar-refractivity contribution in [2.45, 2.75) is 45.3 Å². The molecule has 0 saturated carbocycles. The molecule has 0 aliphatic carbocycles. The quantitative estimate of drug-likeness (QED) is 0.551. The molecule has 23 heavy (non-hydrogen) atoms. The van der Waals surface area contributed by atoms with Crippen LogP contribution in [-0.4, -0.2) is 15.0 Å². The Morgan fingerprint density at radius 1 is 0.957 bits per heavy atom. The second-order valence-electron chi connectivity index (χ2n) is 5.76. The third kappa shape index (κ3) is 3.89. The molecule has 0 aliphatic rings. The molecule has 2 aromatic carbocycles. The van der Waals surface area contributed by atoms with Crippen LogP contribution in [0, 0.1) is 0 Å². The van der Waals surface area contributed by atoms with Crippen LogP contribution in [0.1, 0.15) is 45.3 Å². The number of aromatic nitrogens is 3. The van der Waals surface area contributed by atoms with Crippen molar-refractivity contribution in [2.24, 2.45) is 0 Å². The SMILES string of the molecule is CCCCCCC(Oc1ccccc1)n1nnc2ccccc21. The van der Waals surface area contributed by atoms with Crippen molar-refractivity contribution >= 4 is 11.0 Å². The summed E-state index contributed by atoms with van der Waals surface area (Å²) in [6, 6.07) is 18.0. The molecule has 0 radical (unpaired) electrons. The fourth-order valence-corrected chi connectivity index (χ4v) is 2.73. The Kier molecular flexibility index (Phi) is 5.25. The number of hydrogen-bond acceptors (Lipinski definition) is 3. The van der Waals surface area contributed by atoms with Crippen LogP contribution < -0.4 is 4.74 Å². The third-order valence-corrected chi connectivity index (χ3v) is 3.97. The lowest BCUT2D eigenvalue weighted by molar-refractivity contribution is 0.108. The molecule has 1 aromatic heterocycles. The van der Waals surface area contributed by atoms with Crippen molar-refractivity contribution in [3.8, 4) is 5.75 Å². The van der Waals surface area contributed by atoms with Gasteiger partial charge in [-0.2, -0.15) is 0 Å². The van der Waals surface area contributed by atoms with Crippen LogP contribution in [0.2, 0.25) is 0 Å². The zero-order valence-electron chi connectivity index (χ0n) is 13.6. The van der Waals surface area contributed by atoms with Gasteiger partial charge >= 0.3 is 0 Å². The maximum absolute atomic E-state index is 6.21. The van der Waals surface area contributed by atoms with E-state index in [0.29, 0.717) is 0 Å². The molecule has 0 fully saturated rings. The third-order valence-electron chi connectivity index (χ3n) is 3.97. The molecule has 1 unspecified atom stereocenters. The number of hydrogen-bond donors (Lipinski definition) is 0. The zero-order chi connectivity index (χ0) is 15.9. The van der Waals surface area contributed by atoms with Crippen LogP contribution >= 0.6 is 0 Å². The summed E-state index contributed by atoms with van der Waals surface area (Å²) in [5.41, 5.74) is 1.92. The molecule has 1 atom stereocenters. The van der Waals surface area contributed by atoms with Crippen LogP contribution in [0.25, 0.3) is 11.0 Å². The summed E-state index contributed by atoms with van der Waals surface area (Å²) in [7, 11) is 0. The minimum Gasteiger partial charge on any atom is -0.469 e. The van der Waals surface area contributed by atoms with Gasteiger partial charge in [-0.25, -0.2) is 4.68 Å². The van der Waals surface area contributed by atoms with E-state index >= 15 is 0 Å². The number of para-hydroxylation sites is 2. The summed E-state index contributed by atoms with van der Waals surface area (Å²) < 4.78 is 8.12. The summed E-state index contributed by atoms with van der Waals surface area (Å²) in [5.74, 6) is 0.868. The first-order valence-corrected chi connectivity index (χ1v) is 8.40. The van der Waals surface area contributed by atoms with Gasteiger partial charge in [0.2, 0.25) is 0 Å². The van der Waals surface area contributed by atoms with Gasteiger partial charge in [0, 0.05) is 6.42 Å². The van der Waals surface area contributed by atoms with Gasteiger partial charge in [0.15, 0.2) is 6.23 Å². The summed E-state index contributed by atoms with van der Waals surface area (Å²) >= 11 is 0. The molecule has 0 amide bonds. The molecular formula is C19H23N3O. The highest BCUT2D eigenvalue weighted by Crippen LogP contribution is 2.24. The van der Waals surface area contributed by atoms with Crippen molar-refractivity contribution < 1.29 is 4.74 Å². The maximum atomic E-state index is 6.21. The monoisotopic (exact) mass is 309 g/mol. The minimum atomic E-state index is -0.123. The number of nitrogens with zero attached hydrogens (tertiary/aromatic N) is 3. The lowest BCUT2D eigenvalue weighted by atomic mass is 10.1. The fourth-order valence-electron chi connectivity index (χ4n) is 2.73. The predicted octanol–water partition coefficient (Wildman–Crippen LogP) is 4.98. The molecule has 3 rings (SSSR count). The summed E-state index contributed by atoms with van der Waals surface area (Å²) in [5, 5.41) is 8.59. The normalized spacial score (nSPS) is 12.4. The molecular weight excluding hydrogens is 286 g/mol. The number of benzene rings is 2. The van der Waals surface area contributed by atoms with Crippen LogP contribution in [0.3, 0.4) is 0 Å². The average molecular weight is 309 g/mol. The number of ether oxygens (including phenoxy) is 1. The Bertz CT molecular complexity index is 724. The Hall–Kier alpha value is -2.36. The van der Waals surface area contributed by atoms with Crippen molar-refractivity contribution in [3.63, 3.8) is 0 Å². The van der Waals surface area contributed by atoms with Crippen LogP contribution in [-0.2, 0) is 0 Å². The van der Waals surface area contributed by atoms with E-state index in [2.05, 4.69) is 17.2 Å². The number of unbranched alkanes of at least 4 members (excludes halogenated alkanes) is 3. The van der Waals surface area contributed by atoms with Crippen molar-refractivity contribution in [1.82, 2.24) is 15.0 Å². The van der Waals surface area contributed by atoms with Gasteiger partial charge in [0.1, 0.15) is 11.3 Å². The molecule has 4 heteroatoms. The van der Waals surface area contributed by atoms with Crippen LogP contribution in [0.4, 0.5) is 0 Å². The Morgan fingerprint density at radius 2 is 1.74 bits per heavy atom. The number of rotatable bonds is 8. The highest BCUT2D eigenvalue weighted by molar-refractivity contribution is 5.73. The van der Waals surface area contributed by atoms with E-state index in [0.717, 1.165) is 29.6 Å². The molecule has 0 bridgehead atoms. The molecule has 3 aromatic rings. The van der Waals surface area contributed by atoms with Crippen molar-refractivity contribution in [2.75, 3.05) is 0 Å². The summed E-state index contributed by atoms with van der Waals surface area (Å²) in [6.45, 7) is 2.23. The standard InChI is InChI=1S/C19H23N3O/c1-2-3-4-8-15-19(23-16-11-6-5-7-12-16)22-18-14-10-9-13-17(18)20-21-22/h5-7,9-14,19H,2-4,8,15H2,1H3. The van der Waals surface area contributed by atoms with Crippen LogP contribution in [0.15, 0.2) is 54.6 Å². The van der Waals surface area contributed by atoms with Crippen molar-refractivity contribution in [3.05, 3.63) is 54.6 Å². The highest BCUT2D eigenvalue weighted by atomic mass is 16.5. The molecule has 0 spiro atoms. The first kappa shape index (κ1) is 15.5. The molecule has 0 N–H and O–H groups in total. The summed E-state index contributed by atoms with van der Waals surface area (Å²) in [4.78, 5) is 0. The van der Waals surface area contributed by atoms with E-state index in [-0.39, 0.29) is 6.23 Å². The van der Waals surface area contributed by atoms with Crippen LogP contribution in [0.5, 0.6) is 5.75 Å². The van der Waals surface area contributed by atoms with E-state index in [9.17, 15) is 0 Å². The molecule has 4 nitrogen and oxygen atoms in total. The van der Waals surface area contributed by atoms with Gasteiger partial charge in [0.05, 0.1) is 5.52 Å². The molecule has 0 aliphatic heterocycles. The van der Waals surface area contributed by atoms with Gasteiger partial charge in [-0.15, -0.1) is 5.10 Å². The lowest BCUT2D eigenvalue weighted by Gasteiger charge is -2.19. The van der Waals surface area contributed by atoms with Gasteiger partial charge in [0.25, 0.3) is 0 Å². The fraction of sp³-hybridized carbons (Fsp3) is 0.368.